The van der Waals surface area contributed by atoms with Crippen LogP contribution in [0, 0.1) is 5.82 Å². The third kappa shape index (κ3) is 3.64. The van der Waals surface area contributed by atoms with Crippen molar-refractivity contribution in [3.05, 3.63) is 70.4 Å². The molecule has 2 N–H and O–H groups in total. The molecule has 3 rings (SSSR count). The van der Waals surface area contributed by atoms with E-state index in [1.54, 1.807) is 25.2 Å². The molecule has 0 saturated carbocycles. The maximum absolute atomic E-state index is 12.8. The number of halogens is 1. The van der Waals surface area contributed by atoms with Crippen LogP contribution in [0.2, 0.25) is 0 Å². The molecule has 1 aromatic heterocycles. The van der Waals surface area contributed by atoms with Crippen LogP contribution < -0.4 is 16.5 Å². The van der Waals surface area contributed by atoms with E-state index < -0.39 is 11.8 Å². The average molecular weight is 356 g/mol. The number of para-hydroxylation sites is 2. The molecule has 0 aliphatic heterocycles. The Kier molecular flexibility index (Phi) is 4.83. The van der Waals surface area contributed by atoms with Gasteiger partial charge in [-0.15, -0.1) is 0 Å². The maximum Gasteiger partial charge on any atom is 0.329 e. The molecular weight excluding hydrogens is 339 g/mol. The number of carbonyl (C=O) groups is 2. The van der Waals surface area contributed by atoms with E-state index in [1.165, 1.54) is 33.4 Å². The van der Waals surface area contributed by atoms with Crippen molar-refractivity contribution in [2.45, 2.75) is 13.0 Å². The van der Waals surface area contributed by atoms with Crippen molar-refractivity contribution in [2.75, 3.05) is 0 Å². The SMILES string of the molecule is Cn1c(=O)n(CC(=O)NNC(=O)Cc2ccc(F)cc2)c2ccccc21. The number of imidazole rings is 1. The Labute approximate surface area is 148 Å². The Morgan fingerprint density at radius 3 is 2.27 bits per heavy atom. The minimum absolute atomic E-state index is 0.00518. The van der Waals surface area contributed by atoms with E-state index in [9.17, 15) is 18.8 Å². The summed E-state index contributed by atoms with van der Waals surface area (Å²) in [5.74, 6) is -1.37. The van der Waals surface area contributed by atoms with Crippen LogP contribution in [-0.4, -0.2) is 20.9 Å². The van der Waals surface area contributed by atoms with Crippen LogP contribution in [-0.2, 0) is 29.6 Å². The van der Waals surface area contributed by atoms with E-state index in [1.807, 2.05) is 6.07 Å². The number of benzene rings is 2. The maximum atomic E-state index is 12.8. The van der Waals surface area contributed by atoms with Crippen LogP contribution in [0.5, 0.6) is 0 Å². The number of nitrogens with zero attached hydrogens (tertiary/aromatic N) is 2. The molecule has 26 heavy (non-hydrogen) atoms. The number of hydrogen-bond acceptors (Lipinski definition) is 3. The van der Waals surface area contributed by atoms with Crippen LogP contribution >= 0.6 is 0 Å². The van der Waals surface area contributed by atoms with Crippen LogP contribution in [0.15, 0.2) is 53.3 Å². The number of aryl methyl sites for hydroxylation is 1. The van der Waals surface area contributed by atoms with Crippen molar-refractivity contribution >= 4 is 22.8 Å². The average Bonchev–Trinajstić information content (AvgIpc) is 2.87. The van der Waals surface area contributed by atoms with Crippen LogP contribution in [0.25, 0.3) is 11.0 Å². The molecule has 0 spiro atoms. The number of fused-ring (bicyclic) bond motifs is 1. The second-order valence-electron chi connectivity index (χ2n) is 5.82. The van der Waals surface area contributed by atoms with Gasteiger partial charge in [0.1, 0.15) is 12.4 Å². The molecule has 0 aliphatic carbocycles. The molecule has 0 bridgehead atoms. The van der Waals surface area contributed by atoms with Crippen molar-refractivity contribution in [1.29, 1.82) is 0 Å². The van der Waals surface area contributed by atoms with Gasteiger partial charge in [0.2, 0.25) is 5.91 Å². The molecule has 0 radical (unpaired) electrons. The molecule has 2 aromatic carbocycles. The lowest BCUT2D eigenvalue weighted by molar-refractivity contribution is -0.128. The fourth-order valence-corrected chi connectivity index (χ4v) is 2.67. The lowest BCUT2D eigenvalue weighted by atomic mass is 10.1. The molecule has 0 saturated heterocycles. The number of aromatic nitrogens is 2. The van der Waals surface area contributed by atoms with Crippen molar-refractivity contribution in [3.63, 3.8) is 0 Å². The largest absolute Gasteiger partial charge is 0.329 e. The summed E-state index contributed by atoms with van der Waals surface area (Å²) in [4.78, 5) is 36.2. The van der Waals surface area contributed by atoms with Crippen LogP contribution in [0.4, 0.5) is 4.39 Å². The molecule has 134 valence electrons. The summed E-state index contributed by atoms with van der Waals surface area (Å²) >= 11 is 0. The molecule has 7 nitrogen and oxygen atoms in total. The third-order valence-electron chi connectivity index (χ3n) is 3.97. The highest BCUT2D eigenvalue weighted by molar-refractivity contribution is 5.84. The summed E-state index contributed by atoms with van der Waals surface area (Å²) < 4.78 is 15.6. The van der Waals surface area contributed by atoms with Crippen molar-refractivity contribution in [2.24, 2.45) is 7.05 Å². The fourth-order valence-electron chi connectivity index (χ4n) is 2.67. The number of hydrazine groups is 1. The second kappa shape index (κ2) is 7.22. The lowest BCUT2D eigenvalue weighted by Crippen LogP contribution is -2.44. The first-order chi connectivity index (χ1) is 12.5. The summed E-state index contributed by atoms with van der Waals surface area (Å²) in [5, 5.41) is 0. The van der Waals surface area contributed by atoms with Gasteiger partial charge in [0, 0.05) is 7.05 Å². The zero-order valence-corrected chi connectivity index (χ0v) is 14.0. The topological polar surface area (TPSA) is 85.1 Å². The van der Waals surface area contributed by atoms with E-state index in [0.717, 1.165) is 0 Å². The normalized spacial score (nSPS) is 10.7. The first kappa shape index (κ1) is 17.4. The quantitative estimate of drug-likeness (QED) is 0.680. The standard InChI is InChI=1S/C18H17FN4O3/c1-22-14-4-2-3-5-15(14)23(18(22)26)11-17(25)21-20-16(24)10-12-6-8-13(19)9-7-12/h2-9H,10-11H2,1H3,(H,20,24)(H,21,25). The van der Waals surface area contributed by atoms with Gasteiger partial charge in [-0.2, -0.15) is 0 Å². The first-order valence-electron chi connectivity index (χ1n) is 7.92. The Morgan fingerprint density at radius 2 is 1.58 bits per heavy atom. The Hall–Kier alpha value is -3.42. The monoisotopic (exact) mass is 356 g/mol. The minimum Gasteiger partial charge on any atom is -0.295 e. The summed E-state index contributed by atoms with van der Waals surface area (Å²) in [6, 6.07) is 12.6. The van der Waals surface area contributed by atoms with Gasteiger partial charge in [0.05, 0.1) is 17.5 Å². The van der Waals surface area contributed by atoms with Crippen LogP contribution in [0.3, 0.4) is 0 Å². The van der Waals surface area contributed by atoms with Gasteiger partial charge >= 0.3 is 5.69 Å². The molecule has 0 unspecified atom stereocenters. The summed E-state index contributed by atoms with van der Waals surface area (Å²) in [6.07, 6.45) is -0.00518. The van der Waals surface area contributed by atoms with Crippen molar-refractivity contribution in [1.82, 2.24) is 20.0 Å². The molecule has 0 fully saturated rings. The van der Waals surface area contributed by atoms with Gasteiger partial charge in [0.15, 0.2) is 0 Å². The van der Waals surface area contributed by atoms with Gasteiger partial charge in [-0.25, -0.2) is 9.18 Å². The smallest absolute Gasteiger partial charge is 0.295 e. The van der Waals surface area contributed by atoms with E-state index in [4.69, 9.17) is 0 Å². The zero-order chi connectivity index (χ0) is 18.7. The molecule has 0 aliphatic rings. The molecule has 3 aromatic rings. The third-order valence-corrected chi connectivity index (χ3v) is 3.97. The predicted octanol–water partition coefficient (Wildman–Crippen LogP) is 0.869. The Morgan fingerprint density at radius 1 is 0.962 bits per heavy atom. The Balaban J connectivity index is 1.61. The van der Waals surface area contributed by atoms with E-state index >= 15 is 0 Å². The molecule has 0 atom stereocenters. The highest BCUT2D eigenvalue weighted by atomic mass is 19.1. The molecular formula is C18H17FN4O3. The fraction of sp³-hybridized carbons (Fsp3) is 0.167. The molecule has 8 heteroatoms. The van der Waals surface area contributed by atoms with Gasteiger partial charge in [-0.05, 0) is 29.8 Å². The number of amides is 2. The Bertz CT molecular complexity index is 1020. The second-order valence-corrected chi connectivity index (χ2v) is 5.82. The summed E-state index contributed by atoms with van der Waals surface area (Å²) in [6.45, 7) is -0.225. The van der Waals surface area contributed by atoms with E-state index in [-0.39, 0.29) is 24.5 Å². The minimum atomic E-state index is -0.532. The van der Waals surface area contributed by atoms with Crippen molar-refractivity contribution in [3.8, 4) is 0 Å². The van der Waals surface area contributed by atoms with Crippen molar-refractivity contribution < 1.29 is 14.0 Å². The van der Waals surface area contributed by atoms with Gasteiger partial charge in [-0.3, -0.25) is 29.6 Å². The first-order valence-corrected chi connectivity index (χ1v) is 7.92. The van der Waals surface area contributed by atoms with E-state index in [2.05, 4.69) is 10.9 Å². The highest BCUT2D eigenvalue weighted by Crippen LogP contribution is 2.11. The molecule has 2 amide bonds. The van der Waals surface area contributed by atoms with Crippen LogP contribution in [0.1, 0.15) is 5.56 Å². The number of nitrogens with one attached hydrogen (secondary N) is 2. The predicted molar refractivity (Wildman–Crippen MR) is 93.6 cm³/mol. The summed E-state index contributed by atoms with van der Waals surface area (Å²) in [5.41, 5.74) is 6.21. The number of rotatable bonds is 4. The van der Waals surface area contributed by atoms with Gasteiger partial charge in [-0.1, -0.05) is 24.3 Å². The number of hydrogen-bond donors (Lipinski definition) is 2. The van der Waals surface area contributed by atoms with Gasteiger partial charge < -0.3 is 0 Å². The van der Waals surface area contributed by atoms with E-state index in [0.29, 0.717) is 16.6 Å². The summed E-state index contributed by atoms with van der Waals surface area (Å²) in [7, 11) is 1.63. The zero-order valence-electron chi connectivity index (χ0n) is 14.0. The molecule has 1 heterocycles. The number of carbonyl (C=O) groups excluding carboxylic acids is 2. The van der Waals surface area contributed by atoms with Gasteiger partial charge in [0.25, 0.3) is 5.91 Å². The lowest BCUT2D eigenvalue weighted by Gasteiger charge is -2.08. The highest BCUT2D eigenvalue weighted by Gasteiger charge is 2.13.